The Hall–Kier alpha value is -1.33. The van der Waals surface area contributed by atoms with Crippen molar-refractivity contribution in [3.63, 3.8) is 0 Å². The molecule has 2 rings (SSSR count). The first-order valence-electron chi connectivity index (χ1n) is 6.19. The molecule has 0 fully saturated rings. The zero-order chi connectivity index (χ0) is 14.2. The van der Waals surface area contributed by atoms with Crippen LogP contribution in [0.15, 0.2) is 23.1 Å². The van der Waals surface area contributed by atoms with Gasteiger partial charge in [0.15, 0.2) is 0 Å². The molecule has 19 heavy (non-hydrogen) atoms. The molecule has 0 spiro atoms. The summed E-state index contributed by atoms with van der Waals surface area (Å²) in [6.45, 7) is 6.43. The van der Waals surface area contributed by atoms with Crippen molar-refractivity contribution in [3.05, 3.63) is 34.9 Å². The molecule has 104 valence electrons. The van der Waals surface area contributed by atoms with Crippen LogP contribution in [-0.2, 0) is 10.0 Å². The zero-order valence-electron chi connectivity index (χ0n) is 11.7. The Morgan fingerprint density at radius 3 is 2.21 bits per heavy atom. The molecule has 0 bridgehead atoms. The summed E-state index contributed by atoms with van der Waals surface area (Å²) in [4.78, 5) is 0.412. The molecule has 0 amide bonds. The lowest BCUT2D eigenvalue weighted by Gasteiger charge is -2.21. The highest BCUT2D eigenvalue weighted by molar-refractivity contribution is 7.89. The fourth-order valence-corrected chi connectivity index (χ4v) is 4.24. The molecule has 0 aliphatic carbocycles. The van der Waals surface area contributed by atoms with E-state index in [-0.39, 0.29) is 0 Å². The molecule has 1 aliphatic heterocycles. The second-order valence-corrected chi connectivity index (χ2v) is 6.64. The first-order chi connectivity index (χ1) is 8.89. The molecule has 0 saturated heterocycles. The minimum absolute atomic E-state index is 0.412. The van der Waals surface area contributed by atoms with Crippen LogP contribution in [0.4, 0.5) is 0 Å². The highest BCUT2D eigenvalue weighted by Crippen LogP contribution is 2.32. The lowest BCUT2D eigenvalue weighted by Crippen LogP contribution is -2.29. The van der Waals surface area contributed by atoms with Crippen LogP contribution in [0.1, 0.15) is 16.7 Å². The molecule has 4 nitrogen and oxygen atoms in total. The maximum Gasteiger partial charge on any atom is 0.244 e. The summed E-state index contributed by atoms with van der Waals surface area (Å²) in [5.41, 5.74) is 2.37. The third-order valence-corrected chi connectivity index (χ3v) is 5.70. The van der Waals surface area contributed by atoms with E-state index in [2.05, 4.69) is 0 Å². The molecule has 0 radical (unpaired) electrons. The smallest absolute Gasteiger partial charge is 0.244 e. The van der Waals surface area contributed by atoms with Gasteiger partial charge in [-0.15, -0.1) is 0 Å². The van der Waals surface area contributed by atoms with Gasteiger partial charge in [0.25, 0.3) is 0 Å². The number of sulfonamides is 1. The van der Waals surface area contributed by atoms with Gasteiger partial charge in [-0.1, -0.05) is 12.2 Å². The first kappa shape index (κ1) is 14.1. The zero-order valence-corrected chi connectivity index (χ0v) is 12.5. The van der Waals surface area contributed by atoms with Crippen molar-refractivity contribution in [2.24, 2.45) is 0 Å². The van der Waals surface area contributed by atoms with Crippen LogP contribution < -0.4 is 4.74 Å². The predicted molar refractivity (Wildman–Crippen MR) is 75.1 cm³/mol. The molecule has 0 saturated carbocycles. The SMILES string of the molecule is COc1cc(C)c(S(=O)(=O)N2CC=CC2)c(C)c1C. The van der Waals surface area contributed by atoms with Crippen LogP contribution in [0.3, 0.4) is 0 Å². The number of hydrogen-bond acceptors (Lipinski definition) is 3. The summed E-state index contributed by atoms with van der Waals surface area (Å²) in [6.07, 6.45) is 3.75. The molecule has 1 aliphatic rings. The standard InChI is InChI=1S/C14H19NO3S/c1-10-9-13(18-4)11(2)12(3)14(10)19(16,17)15-7-5-6-8-15/h5-6,9H,7-8H2,1-4H3. The highest BCUT2D eigenvalue weighted by atomic mass is 32.2. The van der Waals surface area contributed by atoms with Gasteiger partial charge in [0, 0.05) is 13.1 Å². The summed E-state index contributed by atoms with van der Waals surface area (Å²) >= 11 is 0. The van der Waals surface area contributed by atoms with Crippen LogP contribution in [0.2, 0.25) is 0 Å². The van der Waals surface area contributed by atoms with Crippen molar-refractivity contribution < 1.29 is 13.2 Å². The number of hydrogen-bond donors (Lipinski definition) is 0. The van der Waals surface area contributed by atoms with Gasteiger partial charge < -0.3 is 4.74 Å². The van der Waals surface area contributed by atoms with E-state index in [1.165, 1.54) is 4.31 Å². The minimum atomic E-state index is -3.43. The molecular weight excluding hydrogens is 262 g/mol. The normalized spacial score (nSPS) is 16.0. The number of benzene rings is 1. The number of rotatable bonds is 3. The Morgan fingerprint density at radius 2 is 1.68 bits per heavy atom. The van der Waals surface area contributed by atoms with Gasteiger partial charge in [0.1, 0.15) is 5.75 Å². The Labute approximate surface area is 114 Å². The third kappa shape index (κ3) is 2.28. The second-order valence-electron chi connectivity index (χ2n) is 4.77. The average Bonchev–Trinajstić information content (AvgIpc) is 2.88. The van der Waals surface area contributed by atoms with E-state index in [0.29, 0.717) is 18.0 Å². The Morgan fingerprint density at radius 1 is 1.11 bits per heavy atom. The summed E-state index contributed by atoms with van der Waals surface area (Å²) < 4.78 is 32.1. The largest absolute Gasteiger partial charge is 0.496 e. The maximum absolute atomic E-state index is 12.7. The lowest BCUT2D eigenvalue weighted by molar-refractivity contribution is 0.410. The van der Waals surface area contributed by atoms with Crippen LogP contribution in [0.5, 0.6) is 5.75 Å². The summed E-state index contributed by atoms with van der Waals surface area (Å²) in [6, 6.07) is 1.79. The topological polar surface area (TPSA) is 46.6 Å². The summed E-state index contributed by atoms with van der Waals surface area (Å²) in [5.74, 6) is 0.730. The fraction of sp³-hybridized carbons (Fsp3) is 0.429. The summed E-state index contributed by atoms with van der Waals surface area (Å²) in [7, 11) is -1.84. The van der Waals surface area contributed by atoms with Crippen molar-refractivity contribution in [2.75, 3.05) is 20.2 Å². The number of nitrogens with zero attached hydrogens (tertiary/aromatic N) is 1. The first-order valence-corrected chi connectivity index (χ1v) is 7.63. The lowest BCUT2D eigenvalue weighted by atomic mass is 10.1. The van der Waals surface area contributed by atoms with E-state index < -0.39 is 10.0 Å². The third-order valence-electron chi connectivity index (χ3n) is 3.58. The van der Waals surface area contributed by atoms with E-state index in [1.807, 2.05) is 32.9 Å². The van der Waals surface area contributed by atoms with Crippen molar-refractivity contribution >= 4 is 10.0 Å². The Balaban J connectivity index is 2.60. The molecular formula is C14H19NO3S. The minimum Gasteiger partial charge on any atom is -0.496 e. The number of methoxy groups -OCH3 is 1. The number of ether oxygens (including phenoxy) is 1. The number of aryl methyl sites for hydroxylation is 1. The van der Waals surface area contributed by atoms with Crippen molar-refractivity contribution in [1.29, 1.82) is 0 Å². The molecule has 0 unspecified atom stereocenters. The average molecular weight is 281 g/mol. The van der Waals surface area contributed by atoms with Crippen LogP contribution in [0.25, 0.3) is 0 Å². The van der Waals surface area contributed by atoms with E-state index in [4.69, 9.17) is 4.74 Å². The molecule has 0 N–H and O–H groups in total. The van der Waals surface area contributed by atoms with Crippen LogP contribution in [0, 0.1) is 20.8 Å². The van der Waals surface area contributed by atoms with E-state index in [0.717, 1.165) is 22.4 Å². The molecule has 0 aromatic heterocycles. The maximum atomic E-state index is 12.7. The quantitative estimate of drug-likeness (QED) is 0.798. The van der Waals surface area contributed by atoms with Gasteiger partial charge in [-0.3, -0.25) is 0 Å². The van der Waals surface area contributed by atoms with Crippen molar-refractivity contribution in [2.45, 2.75) is 25.7 Å². The van der Waals surface area contributed by atoms with E-state index in [9.17, 15) is 8.42 Å². The van der Waals surface area contributed by atoms with Gasteiger partial charge in [-0.25, -0.2) is 8.42 Å². The molecule has 1 heterocycles. The second kappa shape index (κ2) is 4.98. The van der Waals surface area contributed by atoms with Gasteiger partial charge in [-0.2, -0.15) is 4.31 Å². The van der Waals surface area contributed by atoms with E-state index in [1.54, 1.807) is 13.2 Å². The predicted octanol–water partition coefficient (Wildman–Crippen LogP) is 2.18. The molecule has 1 aromatic rings. The summed E-state index contributed by atoms with van der Waals surface area (Å²) in [5, 5.41) is 0. The van der Waals surface area contributed by atoms with Crippen molar-refractivity contribution in [3.8, 4) is 5.75 Å². The molecule has 0 atom stereocenters. The Bertz CT molecular complexity index is 625. The van der Waals surface area contributed by atoms with Gasteiger partial charge in [0.2, 0.25) is 10.0 Å². The van der Waals surface area contributed by atoms with Gasteiger partial charge in [0.05, 0.1) is 12.0 Å². The molecule has 5 heteroatoms. The van der Waals surface area contributed by atoms with Crippen molar-refractivity contribution in [1.82, 2.24) is 4.31 Å². The monoisotopic (exact) mass is 281 g/mol. The molecule has 1 aromatic carbocycles. The van der Waals surface area contributed by atoms with Crippen LogP contribution >= 0.6 is 0 Å². The van der Waals surface area contributed by atoms with Gasteiger partial charge >= 0.3 is 0 Å². The fourth-order valence-electron chi connectivity index (χ4n) is 2.41. The highest BCUT2D eigenvalue weighted by Gasteiger charge is 2.29. The van der Waals surface area contributed by atoms with Gasteiger partial charge in [-0.05, 0) is 43.5 Å². The van der Waals surface area contributed by atoms with E-state index >= 15 is 0 Å². The van der Waals surface area contributed by atoms with Crippen LogP contribution in [-0.4, -0.2) is 32.9 Å². The Kier molecular flexibility index (Phi) is 3.69.